The van der Waals surface area contributed by atoms with Crippen LogP contribution < -0.4 is 5.32 Å². The van der Waals surface area contributed by atoms with Gasteiger partial charge in [-0.3, -0.25) is 10.1 Å². The summed E-state index contributed by atoms with van der Waals surface area (Å²) in [6, 6.07) is 5.71. The summed E-state index contributed by atoms with van der Waals surface area (Å²) in [5.41, 5.74) is 1.10. The van der Waals surface area contributed by atoms with Crippen molar-refractivity contribution in [3.05, 3.63) is 38.3 Å². The van der Waals surface area contributed by atoms with Crippen LogP contribution in [0.2, 0.25) is 0 Å². The SMILES string of the molecule is CC(NCc1cccc([N+](=O)[O-])c1Br)C1CC2CCC1C2. The van der Waals surface area contributed by atoms with Gasteiger partial charge in [-0.1, -0.05) is 18.6 Å². The number of hydrogen-bond donors (Lipinski definition) is 1. The summed E-state index contributed by atoms with van der Waals surface area (Å²) in [7, 11) is 0. The average Bonchev–Trinajstić information content (AvgIpc) is 3.08. The number of hydrogen-bond acceptors (Lipinski definition) is 3. The Balaban J connectivity index is 1.62. The van der Waals surface area contributed by atoms with Gasteiger partial charge in [-0.05, 0) is 65.4 Å². The highest BCUT2D eigenvalue weighted by Gasteiger charge is 2.41. The molecular formula is C16H21BrN2O2. The first-order valence-electron chi connectivity index (χ1n) is 7.71. The molecule has 4 unspecified atom stereocenters. The molecule has 5 heteroatoms. The quantitative estimate of drug-likeness (QED) is 0.635. The van der Waals surface area contributed by atoms with Gasteiger partial charge in [0.05, 0.1) is 9.40 Å². The van der Waals surface area contributed by atoms with Gasteiger partial charge < -0.3 is 5.32 Å². The van der Waals surface area contributed by atoms with Crippen LogP contribution in [0.3, 0.4) is 0 Å². The summed E-state index contributed by atoms with van der Waals surface area (Å²) >= 11 is 3.37. The minimum absolute atomic E-state index is 0.141. The van der Waals surface area contributed by atoms with E-state index in [1.165, 1.54) is 31.7 Å². The van der Waals surface area contributed by atoms with Gasteiger partial charge in [-0.2, -0.15) is 0 Å². The minimum atomic E-state index is -0.340. The molecule has 2 aliphatic carbocycles. The van der Waals surface area contributed by atoms with E-state index >= 15 is 0 Å². The highest BCUT2D eigenvalue weighted by Crippen LogP contribution is 2.49. The van der Waals surface area contributed by atoms with Crippen molar-refractivity contribution in [1.82, 2.24) is 5.32 Å². The standard InChI is InChI=1S/C16H21BrN2O2/c1-10(14-8-11-5-6-12(14)7-11)18-9-13-3-2-4-15(16(13)17)19(20)21/h2-4,10-12,14,18H,5-9H2,1H3. The number of nitro benzene ring substituents is 1. The molecule has 2 bridgehead atoms. The maximum atomic E-state index is 11.0. The second-order valence-corrected chi connectivity index (χ2v) is 7.31. The van der Waals surface area contributed by atoms with E-state index in [1.807, 2.05) is 6.07 Å². The number of benzene rings is 1. The van der Waals surface area contributed by atoms with E-state index in [1.54, 1.807) is 6.07 Å². The number of nitrogens with zero attached hydrogens (tertiary/aromatic N) is 1. The zero-order chi connectivity index (χ0) is 15.0. The molecule has 0 radical (unpaired) electrons. The normalized spacial score (nSPS) is 28.8. The molecule has 1 N–H and O–H groups in total. The molecule has 2 fully saturated rings. The van der Waals surface area contributed by atoms with Crippen molar-refractivity contribution in [3.63, 3.8) is 0 Å². The number of fused-ring (bicyclic) bond motifs is 2. The zero-order valence-corrected chi connectivity index (χ0v) is 13.8. The predicted molar refractivity (Wildman–Crippen MR) is 86.0 cm³/mol. The van der Waals surface area contributed by atoms with Crippen molar-refractivity contribution in [2.24, 2.45) is 17.8 Å². The molecule has 0 amide bonds. The van der Waals surface area contributed by atoms with Crippen LogP contribution in [0.4, 0.5) is 5.69 Å². The smallest absolute Gasteiger partial charge is 0.283 e. The molecule has 1 aromatic carbocycles. The Morgan fingerprint density at radius 2 is 2.24 bits per heavy atom. The summed E-state index contributed by atoms with van der Waals surface area (Å²) in [5.74, 6) is 2.63. The van der Waals surface area contributed by atoms with Crippen LogP contribution in [-0.4, -0.2) is 11.0 Å². The Morgan fingerprint density at radius 3 is 2.86 bits per heavy atom. The Bertz CT molecular complexity index is 549. The number of nitro groups is 1. The Kier molecular flexibility index (Phi) is 4.31. The van der Waals surface area contributed by atoms with E-state index in [0.29, 0.717) is 17.1 Å². The summed E-state index contributed by atoms with van der Waals surface area (Å²) in [6.07, 6.45) is 5.58. The van der Waals surface area contributed by atoms with Gasteiger partial charge >= 0.3 is 0 Å². The van der Waals surface area contributed by atoms with E-state index in [-0.39, 0.29) is 10.6 Å². The van der Waals surface area contributed by atoms with Crippen molar-refractivity contribution in [1.29, 1.82) is 0 Å². The average molecular weight is 353 g/mol. The summed E-state index contributed by atoms with van der Waals surface area (Å²) in [6.45, 7) is 2.94. The molecule has 2 saturated carbocycles. The highest BCUT2D eigenvalue weighted by molar-refractivity contribution is 9.10. The monoisotopic (exact) mass is 352 g/mol. The summed E-state index contributed by atoms with van der Waals surface area (Å²) < 4.78 is 0.600. The lowest BCUT2D eigenvalue weighted by Gasteiger charge is -2.28. The Hall–Kier alpha value is -0.940. The molecular weight excluding hydrogens is 332 g/mol. The second kappa shape index (κ2) is 6.05. The molecule has 4 atom stereocenters. The van der Waals surface area contributed by atoms with E-state index < -0.39 is 0 Å². The van der Waals surface area contributed by atoms with Crippen LogP contribution in [0, 0.1) is 27.9 Å². The fourth-order valence-electron chi connectivity index (χ4n) is 4.17. The molecule has 0 saturated heterocycles. The first kappa shape index (κ1) is 15.0. The number of rotatable bonds is 5. The first-order chi connectivity index (χ1) is 10.1. The van der Waals surface area contributed by atoms with Crippen LogP contribution in [0.25, 0.3) is 0 Å². The third-order valence-electron chi connectivity index (χ3n) is 5.30. The van der Waals surface area contributed by atoms with Crippen LogP contribution in [0.15, 0.2) is 22.7 Å². The van der Waals surface area contributed by atoms with Gasteiger partial charge in [0.15, 0.2) is 0 Å². The van der Waals surface area contributed by atoms with E-state index in [0.717, 1.165) is 23.3 Å². The van der Waals surface area contributed by atoms with Gasteiger partial charge in [-0.15, -0.1) is 0 Å². The largest absolute Gasteiger partial charge is 0.310 e. The lowest BCUT2D eigenvalue weighted by atomic mass is 9.84. The summed E-state index contributed by atoms with van der Waals surface area (Å²) in [4.78, 5) is 10.6. The topological polar surface area (TPSA) is 55.2 Å². The van der Waals surface area contributed by atoms with Gasteiger partial charge in [-0.25, -0.2) is 0 Å². The molecule has 2 aliphatic rings. The number of halogens is 1. The lowest BCUT2D eigenvalue weighted by Crippen LogP contribution is -2.35. The van der Waals surface area contributed by atoms with Crippen molar-refractivity contribution in [2.75, 3.05) is 0 Å². The van der Waals surface area contributed by atoms with Gasteiger partial charge in [0.1, 0.15) is 0 Å². The van der Waals surface area contributed by atoms with Gasteiger partial charge in [0.25, 0.3) is 5.69 Å². The molecule has 21 heavy (non-hydrogen) atoms. The first-order valence-corrected chi connectivity index (χ1v) is 8.50. The van der Waals surface area contributed by atoms with Crippen molar-refractivity contribution < 1.29 is 4.92 Å². The molecule has 1 aromatic rings. The Labute approximate surface area is 133 Å². The van der Waals surface area contributed by atoms with Gasteiger partial charge in [0.2, 0.25) is 0 Å². The Morgan fingerprint density at radius 1 is 1.43 bits per heavy atom. The molecule has 114 valence electrons. The van der Waals surface area contributed by atoms with Crippen molar-refractivity contribution in [3.8, 4) is 0 Å². The van der Waals surface area contributed by atoms with E-state index in [2.05, 4.69) is 28.2 Å². The van der Waals surface area contributed by atoms with Crippen LogP contribution >= 0.6 is 15.9 Å². The second-order valence-electron chi connectivity index (χ2n) is 6.52. The minimum Gasteiger partial charge on any atom is -0.310 e. The van der Waals surface area contributed by atoms with E-state index in [9.17, 15) is 10.1 Å². The number of nitrogens with one attached hydrogen (secondary N) is 1. The summed E-state index contributed by atoms with van der Waals surface area (Å²) in [5, 5.41) is 14.5. The lowest BCUT2D eigenvalue weighted by molar-refractivity contribution is -0.385. The van der Waals surface area contributed by atoms with Crippen LogP contribution in [0.1, 0.15) is 38.2 Å². The fourth-order valence-corrected chi connectivity index (χ4v) is 4.72. The molecule has 3 rings (SSSR count). The fraction of sp³-hybridized carbons (Fsp3) is 0.625. The third kappa shape index (κ3) is 2.99. The van der Waals surface area contributed by atoms with Gasteiger partial charge in [0, 0.05) is 18.7 Å². The molecule has 4 nitrogen and oxygen atoms in total. The molecule has 0 heterocycles. The van der Waals surface area contributed by atoms with Crippen LogP contribution in [0.5, 0.6) is 0 Å². The predicted octanol–water partition coefficient (Wildman–Crippen LogP) is 4.27. The molecule has 0 aromatic heterocycles. The molecule has 0 spiro atoms. The molecule has 0 aliphatic heterocycles. The zero-order valence-electron chi connectivity index (χ0n) is 12.2. The third-order valence-corrected chi connectivity index (χ3v) is 6.22. The maximum Gasteiger partial charge on any atom is 0.283 e. The van der Waals surface area contributed by atoms with E-state index in [4.69, 9.17) is 0 Å². The van der Waals surface area contributed by atoms with Crippen molar-refractivity contribution >= 4 is 21.6 Å². The van der Waals surface area contributed by atoms with Crippen molar-refractivity contribution in [2.45, 2.75) is 45.2 Å². The van der Waals surface area contributed by atoms with Crippen LogP contribution in [-0.2, 0) is 6.54 Å². The maximum absolute atomic E-state index is 11.0. The highest BCUT2D eigenvalue weighted by atomic mass is 79.9.